The van der Waals surface area contributed by atoms with Gasteiger partial charge in [-0.2, -0.15) is 0 Å². The van der Waals surface area contributed by atoms with Gasteiger partial charge in [0.1, 0.15) is 0 Å². The number of carbonyl (C=O) groups is 1. The fourth-order valence-electron chi connectivity index (χ4n) is 3.07. The number of halogens is 2. The zero-order valence-corrected chi connectivity index (χ0v) is 17.6. The number of nitrogen functional groups attached to an aromatic ring is 1. The van der Waals surface area contributed by atoms with Gasteiger partial charge in [-0.15, -0.1) is 0 Å². The van der Waals surface area contributed by atoms with Gasteiger partial charge in [-0.05, 0) is 47.9 Å². The topological polar surface area (TPSA) is 67.2 Å². The zero-order valence-electron chi connectivity index (χ0n) is 16.1. The molecule has 0 spiro atoms. The van der Waals surface area contributed by atoms with Crippen molar-refractivity contribution >= 4 is 40.5 Å². The molecule has 0 heterocycles. The highest BCUT2D eigenvalue weighted by Gasteiger charge is 2.15. The number of nitrogens with two attached hydrogens (primary N) is 1. The van der Waals surface area contributed by atoms with Crippen LogP contribution in [0.3, 0.4) is 0 Å². The van der Waals surface area contributed by atoms with Gasteiger partial charge >= 0.3 is 0 Å². The molecule has 4 nitrogen and oxygen atoms in total. The Morgan fingerprint density at radius 2 is 1.79 bits per heavy atom. The highest BCUT2D eigenvalue weighted by atomic mass is 35.5. The minimum absolute atomic E-state index is 0.0465. The van der Waals surface area contributed by atoms with Gasteiger partial charge in [0.05, 0.1) is 17.4 Å². The van der Waals surface area contributed by atoms with Crippen LogP contribution in [-0.4, -0.2) is 5.91 Å². The second-order valence-electron chi connectivity index (χ2n) is 6.74. The third kappa shape index (κ3) is 5.43. The molecule has 0 aliphatic rings. The largest absolute Gasteiger partial charge is 0.397 e. The Labute approximate surface area is 181 Å². The van der Waals surface area contributed by atoms with Crippen LogP contribution in [0.5, 0.6) is 0 Å². The highest BCUT2D eigenvalue weighted by molar-refractivity contribution is 6.35. The van der Waals surface area contributed by atoms with E-state index in [2.05, 4.69) is 10.6 Å². The van der Waals surface area contributed by atoms with E-state index in [9.17, 15) is 4.79 Å². The number of anilines is 2. The molecular weight excluding hydrogens is 405 g/mol. The van der Waals surface area contributed by atoms with E-state index in [1.807, 2.05) is 43.3 Å². The third-order valence-electron chi connectivity index (χ3n) is 4.71. The van der Waals surface area contributed by atoms with Gasteiger partial charge in [-0.3, -0.25) is 4.79 Å². The normalized spacial score (nSPS) is 11.7. The van der Waals surface area contributed by atoms with E-state index >= 15 is 0 Å². The standard InChI is InChI=1S/C23H23Cl2N3O/c1-2-21(15-6-4-3-5-7-15)28-23(29)16-9-11-22(20(26)12-16)27-14-17-8-10-18(24)13-19(17)25/h3-13,21,27H,2,14,26H2,1H3,(H,28,29)/t21-/m1/s1. The van der Waals surface area contributed by atoms with Crippen molar-refractivity contribution in [1.82, 2.24) is 5.32 Å². The molecule has 0 bridgehead atoms. The number of hydrogen-bond acceptors (Lipinski definition) is 3. The molecule has 29 heavy (non-hydrogen) atoms. The van der Waals surface area contributed by atoms with Crippen molar-refractivity contribution in [1.29, 1.82) is 0 Å². The highest BCUT2D eigenvalue weighted by Crippen LogP contribution is 2.25. The maximum atomic E-state index is 12.7. The molecule has 0 aliphatic heterocycles. The van der Waals surface area contributed by atoms with Gasteiger partial charge in [0.15, 0.2) is 0 Å². The smallest absolute Gasteiger partial charge is 0.251 e. The molecule has 1 atom stereocenters. The Bertz CT molecular complexity index is 993. The lowest BCUT2D eigenvalue weighted by Gasteiger charge is -2.18. The number of hydrogen-bond donors (Lipinski definition) is 3. The Kier molecular flexibility index (Phi) is 7.02. The molecule has 0 radical (unpaired) electrons. The summed E-state index contributed by atoms with van der Waals surface area (Å²) in [7, 11) is 0. The summed E-state index contributed by atoms with van der Waals surface area (Å²) in [5, 5.41) is 7.50. The van der Waals surface area contributed by atoms with Crippen LogP contribution in [0.2, 0.25) is 10.0 Å². The second-order valence-corrected chi connectivity index (χ2v) is 7.58. The van der Waals surface area contributed by atoms with Gasteiger partial charge in [0.25, 0.3) is 5.91 Å². The van der Waals surface area contributed by atoms with Crippen molar-refractivity contribution in [3.05, 3.63) is 93.5 Å². The Balaban J connectivity index is 1.67. The first-order valence-corrected chi connectivity index (χ1v) is 10.2. The summed E-state index contributed by atoms with van der Waals surface area (Å²) in [6.45, 7) is 2.54. The average molecular weight is 428 g/mol. The molecule has 0 unspecified atom stereocenters. The summed E-state index contributed by atoms with van der Waals surface area (Å²) in [5.74, 6) is -0.153. The van der Waals surface area contributed by atoms with Crippen molar-refractivity contribution in [3.63, 3.8) is 0 Å². The molecule has 3 rings (SSSR count). The predicted molar refractivity (Wildman–Crippen MR) is 122 cm³/mol. The van der Waals surface area contributed by atoms with Crippen LogP contribution >= 0.6 is 23.2 Å². The van der Waals surface area contributed by atoms with Crippen LogP contribution in [0.1, 0.15) is 40.9 Å². The Morgan fingerprint density at radius 3 is 2.45 bits per heavy atom. The second kappa shape index (κ2) is 9.68. The summed E-state index contributed by atoms with van der Waals surface area (Å²) >= 11 is 12.1. The van der Waals surface area contributed by atoms with Gasteiger partial charge in [-0.25, -0.2) is 0 Å². The first-order chi connectivity index (χ1) is 14.0. The van der Waals surface area contributed by atoms with Crippen molar-refractivity contribution in [3.8, 4) is 0 Å². The van der Waals surface area contributed by atoms with Crippen molar-refractivity contribution in [2.75, 3.05) is 11.1 Å². The molecule has 150 valence electrons. The van der Waals surface area contributed by atoms with E-state index in [0.29, 0.717) is 27.8 Å². The van der Waals surface area contributed by atoms with Gasteiger partial charge in [0.2, 0.25) is 0 Å². The van der Waals surface area contributed by atoms with Crippen LogP contribution in [0.4, 0.5) is 11.4 Å². The molecule has 3 aromatic rings. The van der Waals surface area contributed by atoms with Crippen LogP contribution in [0, 0.1) is 0 Å². The average Bonchev–Trinajstić information content (AvgIpc) is 2.72. The van der Waals surface area contributed by atoms with Gasteiger partial charge in [0, 0.05) is 22.2 Å². The molecule has 0 fully saturated rings. The molecule has 4 N–H and O–H groups in total. The number of amides is 1. The minimum Gasteiger partial charge on any atom is -0.397 e. The van der Waals surface area contributed by atoms with Crippen LogP contribution in [-0.2, 0) is 6.54 Å². The zero-order chi connectivity index (χ0) is 20.8. The monoisotopic (exact) mass is 427 g/mol. The van der Waals surface area contributed by atoms with E-state index in [4.69, 9.17) is 28.9 Å². The van der Waals surface area contributed by atoms with E-state index in [1.54, 1.807) is 30.3 Å². The molecule has 0 aromatic heterocycles. The molecule has 0 aliphatic carbocycles. The van der Waals surface area contributed by atoms with Crippen molar-refractivity contribution in [2.24, 2.45) is 0 Å². The van der Waals surface area contributed by atoms with Crippen LogP contribution in [0.15, 0.2) is 66.7 Å². The van der Waals surface area contributed by atoms with E-state index in [-0.39, 0.29) is 11.9 Å². The van der Waals surface area contributed by atoms with E-state index in [1.165, 1.54) is 0 Å². The number of carbonyl (C=O) groups excluding carboxylic acids is 1. The summed E-state index contributed by atoms with van der Waals surface area (Å²) < 4.78 is 0. The molecule has 6 heteroatoms. The molecule has 3 aromatic carbocycles. The van der Waals surface area contributed by atoms with Crippen molar-refractivity contribution in [2.45, 2.75) is 25.9 Å². The lowest BCUT2D eigenvalue weighted by molar-refractivity contribution is 0.0935. The first kappa shape index (κ1) is 21.0. The number of rotatable bonds is 7. The van der Waals surface area contributed by atoms with Crippen LogP contribution < -0.4 is 16.4 Å². The summed E-state index contributed by atoms with van der Waals surface area (Å²) in [4.78, 5) is 12.7. The fraction of sp³-hybridized carbons (Fsp3) is 0.174. The number of benzene rings is 3. The van der Waals surface area contributed by atoms with Crippen molar-refractivity contribution < 1.29 is 4.79 Å². The molecule has 1 amide bonds. The lowest BCUT2D eigenvalue weighted by atomic mass is 10.0. The SMILES string of the molecule is CC[C@@H](NC(=O)c1ccc(NCc2ccc(Cl)cc2Cl)c(N)c1)c1ccccc1. The molecule has 0 saturated heterocycles. The van der Waals surface area contributed by atoms with Crippen LogP contribution in [0.25, 0.3) is 0 Å². The summed E-state index contributed by atoms with van der Waals surface area (Å²) in [6, 6.07) is 20.5. The summed E-state index contributed by atoms with van der Waals surface area (Å²) in [6.07, 6.45) is 0.798. The maximum Gasteiger partial charge on any atom is 0.251 e. The van der Waals surface area contributed by atoms with Gasteiger partial charge < -0.3 is 16.4 Å². The Hall–Kier alpha value is -2.69. The maximum absolute atomic E-state index is 12.7. The fourth-order valence-corrected chi connectivity index (χ4v) is 3.54. The third-order valence-corrected chi connectivity index (χ3v) is 5.30. The van der Waals surface area contributed by atoms with E-state index in [0.717, 1.165) is 23.2 Å². The molecule has 0 saturated carbocycles. The molecular formula is C23H23Cl2N3O. The summed E-state index contributed by atoms with van der Waals surface area (Å²) in [5.41, 5.74) is 9.90. The lowest BCUT2D eigenvalue weighted by Crippen LogP contribution is -2.28. The van der Waals surface area contributed by atoms with E-state index < -0.39 is 0 Å². The number of nitrogens with one attached hydrogen (secondary N) is 2. The first-order valence-electron chi connectivity index (χ1n) is 9.41. The van der Waals surface area contributed by atoms with Gasteiger partial charge in [-0.1, -0.05) is 66.5 Å². The predicted octanol–water partition coefficient (Wildman–Crippen LogP) is 6.07. The minimum atomic E-state index is -0.153. The Morgan fingerprint density at radius 1 is 1.03 bits per heavy atom. The quantitative estimate of drug-likeness (QED) is 0.400.